The van der Waals surface area contributed by atoms with Gasteiger partial charge in [-0.05, 0) is 73.7 Å². The van der Waals surface area contributed by atoms with E-state index in [-0.39, 0.29) is 29.1 Å². The van der Waals surface area contributed by atoms with E-state index in [1.807, 2.05) is 32.0 Å². The first-order valence-electron chi connectivity index (χ1n) is 11.9. The largest absolute Gasteiger partial charge is 0.398 e. The molecule has 9 heteroatoms. The molecule has 0 aliphatic rings. The van der Waals surface area contributed by atoms with Crippen LogP contribution in [0.15, 0.2) is 54.9 Å². The number of hydrogen-bond donors (Lipinski definition) is 3. The lowest BCUT2D eigenvalue weighted by Gasteiger charge is -2.10. The molecule has 0 saturated heterocycles. The average molecular weight is 501 g/mol. The minimum Gasteiger partial charge on any atom is -0.398 e. The standard InChI is InChI=1S/C28H26F2N6O/c1-3-16-10-17-11-25(35-24(17)12-23(16)31)27(37)20-13-34-36(28(20)32)26-14-33-18(9-15(26)2)7-8-19-21(29)5-4-6-22(19)30/h4-6,9-14,35H,3,7-8,31-32H2,1-2H3. The van der Waals surface area contributed by atoms with Crippen LogP contribution in [0.4, 0.5) is 20.3 Å². The van der Waals surface area contributed by atoms with Gasteiger partial charge in [0.05, 0.1) is 29.3 Å². The average Bonchev–Trinajstić information content (AvgIpc) is 3.46. The topological polar surface area (TPSA) is 116 Å². The van der Waals surface area contributed by atoms with Crippen molar-refractivity contribution in [2.24, 2.45) is 0 Å². The van der Waals surface area contributed by atoms with Crippen molar-refractivity contribution in [3.63, 3.8) is 0 Å². The van der Waals surface area contributed by atoms with Crippen molar-refractivity contribution in [3.8, 4) is 5.69 Å². The molecular formula is C28H26F2N6O. The minimum atomic E-state index is -0.570. The number of H-pyrrole nitrogens is 1. The Morgan fingerprint density at radius 1 is 1.05 bits per heavy atom. The smallest absolute Gasteiger partial charge is 0.214 e. The maximum absolute atomic E-state index is 13.9. The number of nitrogens with zero attached hydrogens (tertiary/aromatic N) is 3. The second-order valence-electron chi connectivity index (χ2n) is 9.02. The van der Waals surface area contributed by atoms with Gasteiger partial charge in [0.2, 0.25) is 5.78 Å². The Labute approximate surface area is 212 Å². The van der Waals surface area contributed by atoms with Crippen LogP contribution in [-0.4, -0.2) is 25.5 Å². The fourth-order valence-corrected chi connectivity index (χ4v) is 4.53. The van der Waals surface area contributed by atoms with Crippen molar-refractivity contribution in [1.29, 1.82) is 0 Å². The number of nitrogens with one attached hydrogen (secondary N) is 1. The first-order chi connectivity index (χ1) is 17.8. The Morgan fingerprint density at radius 2 is 1.81 bits per heavy atom. The van der Waals surface area contributed by atoms with E-state index in [4.69, 9.17) is 11.5 Å². The van der Waals surface area contributed by atoms with Crippen LogP contribution in [-0.2, 0) is 19.3 Å². The van der Waals surface area contributed by atoms with Gasteiger partial charge in [0, 0.05) is 27.8 Å². The molecule has 7 nitrogen and oxygen atoms in total. The van der Waals surface area contributed by atoms with Gasteiger partial charge in [0.15, 0.2) is 0 Å². The van der Waals surface area contributed by atoms with Crippen molar-refractivity contribution >= 4 is 28.2 Å². The zero-order valence-corrected chi connectivity index (χ0v) is 20.5. The van der Waals surface area contributed by atoms with Gasteiger partial charge in [-0.2, -0.15) is 5.10 Å². The minimum absolute atomic E-state index is 0.0380. The number of carbonyl (C=O) groups is 1. The molecule has 37 heavy (non-hydrogen) atoms. The molecule has 2 aromatic carbocycles. The molecule has 0 fully saturated rings. The van der Waals surface area contributed by atoms with Crippen LogP contribution < -0.4 is 11.5 Å². The van der Waals surface area contributed by atoms with Crippen LogP contribution in [0, 0.1) is 18.6 Å². The van der Waals surface area contributed by atoms with Crippen molar-refractivity contribution in [1.82, 2.24) is 19.7 Å². The summed E-state index contributed by atoms with van der Waals surface area (Å²) >= 11 is 0. The number of rotatable bonds is 7. The number of carbonyl (C=O) groups excluding carboxylic acids is 1. The van der Waals surface area contributed by atoms with E-state index in [9.17, 15) is 13.6 Å². The van der Waals surface area contributed by atoms with E-state index in [2.05, 4.69) is 15.1 Å². The molecule has 0 aliphatic carbocycles. The van der Waals surface area contributed by atoms with Crippen LogP contribution in [0.25, 0.3) is 16.6 Å². The Morgan fingerprint density at radius 3 is 2.51 bits per heavy atom. The number of aryl methyl sites for hydroxylation is 3. The van der Waals surface area contributed by atoms with Crippen LogP contribution in [0.3, 0.4) is 0 Å². The molecule has 3 aromatic heterocycles. The van der Waals surface area contributed by atoms with Crippen LogP contribution >= 0.6 is 0 Å². The number of halogens is 2. The lowest BCUT2D eigenvalue weighted by atomic mass is 10.1. The summed E-state index contributed by atoms with van der Waals surface area (Å²) in [6, 6.07) is 11.2. The lowest BCUT2D eigenvalue weighted by Crippen LogP contribution is -2.09. The van der Waals surface area contributed by atoms with Crippen LogP contribution in [0.5, 0.6) is 0 Å². The number of nitrogen functional groups attached to an aromatic ring is 2. The number of benzene rings is 2. The molecule has 188 valence electrons. The van der Waals surface area contributed by atoms with Crippen molar-refractivity contribution in [2.45, 2.75) is 33.1 Å². The van der Waals surface area contributed by atoms with Gasteiger partial charge in [-0.15, -0.1) is 0 Å². The quantitative estimate of drug-likeness (QED) is 0.213. The fraction of sp³-hybridized carbons (Fsp3) is 0.179. The first-order valence-corrected chi connectivity index (χ1v) is 11.9. The predicted molar refractivity (Wildman–Crippen MR) is 140 cm³/mol. The van der Waals surface area contributed by atoms with Crippen LogP contribution in [0.1, 0.15) is 45.4 Å². The van der Waals surface area contributed by atoms with Gasteiger partial charge in [-0.3, -0.25) is 9.78 Å². The third-order valence-electron chi connectivity index (χ3n) is 6.62. The summed E-state index contributed by atoms with van der Waals surface area (Å²) in [7, 11) is 0. The van der Waals surface area contributed by atoms with E-state index < -0.39 is 11.6 Å². The molecule has 5 aromatic rings. The van der Waals surface area contributed by atoms with E-state index in [1.54, 1.807) is 12.3 Å². The van der Waals surface area contributed by atoms with E-state index in [0.717, 1.165) is 28.5 Å². The molecule has 5 rings (SSSR count). The highest BCUT2D eigenvalue weighted by atomic mass is 19.1. The highest BCUT2D eigenvalue weighted by Crippen LogP contribution is 2.27. The highest BCUT2D eigenvalue weighted by Gasteiger charge is 2.21. The molecule has 0 spiro atoms. The summed E-state index contributed by atoms with van der Waals surface area (Å²) in [5.41, 5.74) is 17.7. The number of nitrogens with two attached hydrogens (primary N) is 2. The number of hydrogen-bond acceptors (Lipinski definition) is 5. The summed E-state index contributed by atoms with van der Waals surface area (Å²) in [6.45, 7) is 3.89. The normalized spacial score (nSPS) is 11.4. The number of aromatic nitrogens is 4. The van der Waals surface area contributed by atoms with Crippen molar-refractivity contribution in [3.05, 3.63) is 100 Å². The van der Waals surface area contributed by atoms with Gasteiger partial charge in [-0.1, -0.05) is 13.0 Å². The third kappa shape index (κ3) is 4.44. The number of aromatic amines is 1. The highest BCUT2D eigenvalue weighted by molar-refractivity contribution is 6.12. The molecule has 0 saturated carbocycles. The monoisotopic (exact) mass is 500 g/mol. The Kier molecular flexibility index (Phi) is 6.20. The van der Waals surface area contributed by atoms with E-state index in [1.165, 1.54) is 29.1 Å². The Hall–Kier alpha value is -4.53. The zero-order valence-electron chi connectivity index (χ0n) is 20.5. The molecule has 0 amide bonds. The summed E-state index contributed by atoms with van der Waals surface area (Å²) in [5.74, 6) is -1.24. The van der Waals surface area contributed by atoms with Gasteiger partial charge >= 0.3 is 0 Å². The molecule has 0 bridgehead atoms. The second kappa shape index (κ2) is 9.50. The van der Waals surface area contributed by atoms with Gasteiger partial charge in [-0.25, -0.2) is 13.5 Å². The number of fused-ring (bicyclic) bond motifs is 1. The third-order valence-corrected chi connectivity index (χ3v) is 6.62. The first kappa shape index (κ1) is 24.2. The molecular weight excluding hydrogens is 474 g/mol. The maximum Gasteiger partial charge on any atom is 0.214 e. The van der Waals surface area contributed by atoms with Gasteiger partial charge < -0.3 is 16.5 Å². The zero-order chi connectivity index (χ0) is 26.3. The summed E-state index contributed by atoms with van der Waals surface area (Å²) in [6.07, 6.45) is 4.37. The fourth-order valence-electron chi connectivity index (χ4n) is 4.53. The van der Waals surface area contributed by atoms with Crippen LogP contribution in [0.2, 0.25) is 0 Å². The Bertz CT molecular complexity index is 1630. The predicted octanol–water partition coefficient (Wildman–Crippen LogP) is 5.08. The van der Waals surface area contributed by atoms with Crippen molar-refractivity contribution in [2.75, 3.05) is 11.5 Å². The van der Waals surface area contributed by atoms with E-state index in [0.29, 0.717) is 29.2 Å². The molecule has 0 atom stereocenters. The molecule has 5 N–H and O–H groups in total. The van der Waals surface area contributed by atoms with Gasteiger partial charge in [0.1, 0.15) is 17.5 Å². The summed E-state index contributed by atoms with van der Waals surface area (Å²) < 4.78 is 29.4. The molecule has 3 heterocycles. The molecule has 0 radical (unpaired) electrons. The SMILES string of the molecule is CCc1cc2cc(C(=O)c3cnn(-c4cnc(CCc5c(F)cccc5F)cc4C)c3N)[nH]c2cc1N. The number of ketones is 1. The number of pyridine rings is 1. The molecule has 0 aliphatic heterocycles. The van der Waals surface area contributed by atoms with Gasteiger partial charge in [0.25, 0.3) is 0 Å². The van der Waals surface area contributed by atoms with E-state index >= 15 is 0 Å². The summed E-state index contributed by atoms with van der Waals surface area (Å²) in [5, 5.41) is 5.23. The summed E-state index contributed by atoms with van der Waals surface area (Å²) in [4.78, 5) is 20.8. The molecule has 0 unspecified atom stereocenters. The lowest BCUT2D eigenvalue weighted by molar-refractivity contribution is 0.103. The number of anilines is 2. The Balaban J connectivity index is 1.39. The van der Waals surface area contributed by atoms with Crippen molar-refractivity contribution < 1.29 is 13.6 Å². The second-order valence-corrected chi connectivity index (χ2v) is 9.02. The maximum atomic E-state index is 13.9.